The Kier molecular flexibility index (Phi) is 10.7. The van der Waals surface area contributed by atoms with Crippen molar-refractivity contribution in [2.75, 3.05) is 5.75 Å². The molecule has 0 saturated carbocycles. The van der Waals surface area contributed by atoms with Crippen molar-refractivity contribution in [3.63, 3.8) is 0 Å². The van der Waals surface area contributed by atoms with Crippen molar-refractivity contribution in [3.05, 3.63) is 105 Å². The van der Waals surface area contributed by atoms with E-state index in [2.05, 4.69) is 5.32 Å². The molecule has 190 valence electrons. The summed E-state index contributed by atoms with van der Waals surface area (Å²) in [6.45, 7) is 6.24. The van der Waals surface area contributed by atoms with Crippen molar-refractivity contribution < 1.29 is 9.59 Å². The number of hydrogen-bond donors (Lipinski definition) is 1. The number of aryl methyl sites for hydroxylation is 1. The Labute approximate surface area is 228 Å². The first kappa shape index (κ1) is 28.1. The molecule has 0 heterocycles. The van der Waals surface area contributed by atoms with Crippen LogP contribution in [0.1, 0.15) is 36.1 Å². The van der Waals surface area contributed by atoms with Crippen LogP contribution in [0.3, 0.4) is 0 Å². The number of rotatable bonds is 11. The fourth-order valence-electron chi connectivity index (χ4n) is 3.88. The zero-order valence-electron chi connectivity index (χ0n) is 20.8. The van der Waals surface area contributed by atoms with E-state index < -0.39 is 6.04 Å². The van der Waals surface area contributed by atoms with Gasteiger partial charge in [-0.15, -0.1) is 11.8 Å². The minimum Gasteiger partial charge on any atom is -0.352 e. The summed E-state index contributed by atoms with van der Waals surface area (Å²) in [5.41, 5.74) is 4.03. The van der Waals surface area contributed by atoms with Crippen LogP contribution in [0.5, 0.6) is 0 Å². The molecule has 0 aromatic heterocycles. The topological polar surface area (TPSA) is 49.4 Å². The van der Waals surface area contributed by atoms with Gasteiger partial charge in [0, 0.05) is 34.8 Å². The second-order valence-electron chi connectivity index (χ2n) is 9.05. The molecule has 0 saturated heterocycles. The first-order valence-corrected chi connectivity index (χ1v) is 13.9. The molecular formula is C29H32Cl2N2O2S. The zero-order valence-corrected chi connectivity index (χ0v) is 23.2. The van der Waals surface area contributed by atoms with Crippen molar-refractivity contribution >= 4 is 46.8 Å². The maximum atomic E-state index is 13.7. The van der Waals surface area contributed by atoms with Gasteiger partial charge in [-0.05, 0) is 55.2 Å². The Morgan fingerprint density at radius 3 is 2.31 bits per heavy atom. The molecule has 0 spiro atoms. The number of benzene rings is 3. The number of carbonyl (C=O) groups excluding carboxylic acids is 2. The molecule has 0 bridgehead atoms. The third-order valence-corrected chi connectivity index (χ3v) is 7.36. The average molecular weight is 544 g/mol. The SMILES string of the molecule is Cc1ccccc1CN(C(=O)CSCc1ccc(Cl)cc1Cl)[C@H](Cc1ccccc1)C(=O)NC(C)C. The molecular weight excluding hydrogens is 511 g/mol. The predicted octanol–water partition coefficient (Wildman–Crippen LogP) is 6.70. The van der Waals surface area contributed by atoms with Crippen LogP contribution in [0.2, 0.25) is 10.0 Å². The normalized spacial score (nSPS) is 11.8. The third-order valence-electron chi connectivity index (χ3n) is 5.80. The molecule has 4 nitrogen and oxygen atoms in total. The largest absolute Gasteiger partial charge is 0.352 e. The van der Waals surface area contributed by atoms with Crippen LogP contribution in [0.15, 0.2) is 72.8 Å². The monoisotopic (exact) mass is 542 g/mol. The summed E-state index contributed by atoms with van der Waals surface area (Å²) in [4.78, 5) is 28.8. The summed E-state index contributed by atoms with van der Waals surface area (Å²) in [6.07, 6.45) is 0.435. The minimum atomic E-state index is -0.637. The van der Waals surface area contributed by atoms with Gasteiger partial charge in [-0.1, -0.05) is 83.9 Å². The molecule has 0 aliphatic heterocycles. The number of hydrogen-bond acceptors (Lipinski definition) is 3. The highest BCUT2D eigenvalue weighted by Gasteiger charge is 2.30. The quantitative estimate of drug-likeness (QED) is 0.293. The van der Waals surface area contributed by atoms with E-state index in [0.29, 0.717) is 28.8 Å². The lowest BCUT2D eigenvalue weighted by Gasteiger charge is -2.32. The molecule has 3 rings (SSSR count). The van der Waals surface area contributed by atoms with Gasteiger partial charge in [0.2, 0.25) is 11.8 Å². The fourth-order valence-corrected chi connectivity index (χ4v) is 5.34. The Bertz CT molecular complexity index is 1170. The molecule has 36 heavy (non-hydrogen) atoms. The summed E-state index contributed by atoms with van der Waals surface area (Å²) in [7, 11) is 0. The van der Waals surface area contributed by atoms with Crippen LogP contribution >= 0.6 is 35.0 Å². The van der Waals surface area contributed by atoms with E-state index >= 15 is 0 Å². The summed E-state index contributed by atoms with van der Waals surface area (Å²) in [5.74, 6) is 0.557. The maximum Gasteiger partial charge on any atom is 0.243 e. The first-order chi connectivity index (χ1) is 17.2. The van der Waals surface area contributed by atoms with E-state index in [-0.39, 0.29) is 23.6 Å². The third kappa shape index (κ3) is 8.29. The van der Waals surface area contributed by atoms with E-state index in [1.807, 2.05) is 81.4 Å². The van der Waals surface area contributed by atoms with Crippen LogP contribution in [0.25, 0.3) is 0 Å². The van der Waals surface area contributed by atoms with Gasteiger partial charge < -0.3 is 10.2 Å². The number of nitrogens with one attached hydrogen (secondary N) is 1. The van der Waals surface area contributed by atoms with E-state index in [9.17, 15) is 9.59 Å². The summed E-state index contributed by atoms with van der Waals surface area (Å²) >= 11 is 13.8. The highest BCUT2D eigenvalue weighted by Crippen LogP contribution is 2.25. The number of carbonyl (C=O) groups is 2. The minimum absolute atomic E-state index is 0.0346. The Balaban J connectivity index is 1.86. The fraction of sp³-hybridized carbons (Fsp3) is 0.310. The average Bonchev–Trinajstić information content (AvgIpc) is 2.84. The second kappa shape index (κ2) is 13.7. The van der Waals surface area contributed by atoms with Gasteiger partial charge in [0.25, 0.3) is 0 Å². The van der Waals surface area contributed by atoms with Crippen LogP contribution < -0.4 is 5.32 Å². The number of nitrogens with zero attached hydrogens (tertiary/aromatic N) is 1. The van der Waals surface area contributed by atoms with Crippen LogP contribution in [-0.4, -0.2) is 34.6 Å². The first-order valence-electron chi connectivity index (χ1n) is 11.9. The standard InChI is InChI=1S/C29H32Cl2N2O2S/c1-20(2)32-29(35)27(15-22-10-5-4-6-11-22)33(17-23-12-8-7-9-21(23)3)28(34)19-36-18-24-13-14-25(30)16-26(24)31/h4-14,16,20,27H,15,17-19H2,1-3H3,(H,32,35)/t27-/m1/s1. The molecule has 0 radical (unpaired) electrons. The van der Waals surface area contributed by atoms with Crippen LogP contribution in [0, 0.1) is 6.92 Å². The number of amides is 2. The van der Waals surface area contributed by atoms with Crippen molar-refractivity contribution in [1.29, 1.82) is 0 Å². The van der Waals surface area contributed by atoms with Gasteiger partial charge >= 0.3 is 0 Å². The van der Waals surface area contributed by atoms with E-state index in [1.165, 1.54) is 11.8 Å². The molecule has 7 heteroatoms. The zero-order chi connectivity index (χ0) is 26.1. The van der Waals surface area contributed by atoms with Gasteiger partial charge in [0.05, 0.1) is 5.75 Å². The molecule has 1 atom stereocenters. The Morgan fingerprint density at radius 1 is 0.944 bits per heavy atom. The molecule has 3 aromatic rings. The molecule has 0 aliphatic rings. The lowest BCUT2D eigenvalue weighted by atomic mass is 10.0. The summed E-state index contributed by atoms with van der Waals surface area (Å²) in [5, 5.41) is 4.18. The predicted molar refractivity (Wildman–Crippen MR) is 152 cm³/mol. The lowest BCUT2D eigenvalue weighted by molar-refractivity contribution is -0.139. The van der Waals surface area contributed by atoms with Crippen molar-refractivity contribution in [2.45, 2.75) is 51.6 Å². The summed E-state index contributed by atoms with van der Waals surface area (Å²) < 4.78 is 0. The number of thioether (sulfide) groups is 1. The van der Waals surface area contributed by atoms with E-state index in [4.69, 9.17) is 23.2 Å². The molecule has 1 N–H and O–H groups in total. The van der Waals surface area contributed by atoms with Crippen molar-refractivity contribution in [3.8, 4) is 0 Å². The van der Waals surface area contributed by atoms with Gasteiger partial charge in [-0.25, -0.2) is 0 Å². The van der Waals surface area contributed by atoms with Crippen molar-refractivity contribution in [2.24, 2.45) is 0 Å². The summed E-state index contributed by atoms with van der Waals surface area (Å²) in [6, 6.07) is 22.5. The maximum absolute atomic E-state index is 13.7. The Morgan fingerprint density at radius 2 is 1.64 bits per heavy atom. The number of halogens is 2. The van der Waals surface area contributed by atoms with Crippen LogP contribution in [0.4, 0.5) is 0 Å². The second-order valence-corrected chi connectivity index (χ2v) is 10.9. The molecule has 0 unspecified atom stereocenters. The Hall–Kier alpha value is -2.47. The van der Waals surface area contributed by atoms with E-state index in [0.717, 1.165) is 22.3 Å². The van der Waals surface area contributed by atoms with Crippen molar-refractivity contribution in [1.82, 2.24) is 10.2 Å². The lowest BCUT2D eigenvalue weighted by Crippen LogP contribution is -2.52. The molecule has 3 aromatic carbocycles. The highest BCUT2D eigenvalue weighted by molar-refractivity contribution is 7.99. The molecule has 2 amide bonds. The molecule has 0 aliphatic carbocycles. The van der Waals surface area contributed by atoms with E-state index in [1.54, 1.807) is 17.0 Å². The van der Waals surface area contributed by atoms with Gasteiger partial charge in [-0.3, -0.25) is 9.59 Å². The highest BCUT2D eigenvalue weighted by atomic mass is 35.5. The van der Waals surface area contributed by atoms with Gasteiger partial charge in [0.15, 0.2) is 0 Å². The van der Waals surface area contributed by atoms with Crippen LogP contribution in [-0.2, 0) is 28.3 Å². The van der Waals surface area contributed by atoms with Gasteiger partial charge in [0.1, 0.15) is 6.04 Å². The van der Waals surface area contributed by atoms with Gasteiger partial charge in [-0.2, -0.15) is 0 Å². The molecule has 0 fully saturated rings. The smallest absolute Gasteiger partial charge is 0.243 e.